The molecule has 2 nitrogen and oxygen atoms in total. The van der Waals surface area contributed by atoms with Crippen molar-refractivity contribution in [2.45, 2.75) is 71.3 Å². The minimum atomic E-state index is -0.122. The predicted octanol–water partition coefficient (Wildman–Crippen LogP) is 3.88. The average Bonchev–Trinajstić information content (AvgIpc) is 2.76. The molecule has 1 N–H and O–H groups in total. The van der Waals surface area contributed by atoms with Gasteiger partial charge in [0.1, 0.15) is 5.78 Å². The highest BCUT2D eigenvalue weighted by molar-refractivity contribution is 5.87. The van der Waals surface area contributed by atoms with Crippen molar-refractivity contribution in [2.24, 2.45) is 28.6 Å². The highest BCUT2D eigenvalue weighted by Gasteiger charge is 2.58. The van der Waals surface area contributed by atoms with Crippen LogP contribution in [0.5, 0.6) is 0 Å². The molecule has 4 rings (SSSR count). The van der Waals surface area contributed by atoms with Crippen LogP contribution in [0.15, 0.2) is 11.6 Å². The Balaban J connectivity index is 1.69. The Morgan fingerprint density at radius 2 is 1.81 bits per heavy atom. The number of hydrogen-bond acceptors (Lipinski definition) is 2. The monoisotopic (exact) mass is 288 g/mol. The van der Waals surface area contributed by atoms with Crippen molar-refractivity contribution >= 4 is 5.78 Å². The molecular formula is C19H28O2. The number of allylic oxidation sites excluding steroid dienone is 1. The van der Waals surface area contributed by atoms with Gasteiger partial charge in [-0.05, 0) is 68.1 Å². The van der Waals surface area contributed by atoms with E-state index in [-0.39, 0.29) is 11.5 Å². The summed E-state index contributed by atoms with van der Waals surface area (Å²) in [6.45, 7) is 4.69. The zero-order chi connectivity index (χ0) is 14.8. The molecule has 116 valence electrons. The maximum atomic E-state index is 12.4. The topological polar surface area (TPSA) is 37.3 Å². The summed E-state index contributed by atoms with van der Waals surface area (Å²) >= 11 is 0. The quantitative estimate of drug-likeness (QED) is 0.687. The lowest BCUT2D eigenvalue weighted by molar-refractivity contribution is -0.132. The van der Waals surface area contributed by atoms with Crippen LogP contribution >= 0.6 is 0 Å². The van der Waals surface area contributed by atoms with Gasteiger partial charge in [-0.1, -0.05) is 25.5 Å². The minimum absolute atomic E-state index is 0.0168. The van der Waals surface area contributed by atoms with Gasteiger partial charge in [0, 0.05) is 11.8 Å². The van der Waals surface area contributed by atoms with Crippen molar-refractivity contribution in [1.29, 1.82) is 0 Å². The van der Waals surface area contributed by atoms with Crippen LogP contribution in [0.4, 0.5) is 0 Å². The van der Waals surface area contributed by atoms with Crippen LogP contribution in [-0.4, -0.2) is 17.0 Å². The summed E-state index contributed by atoms with van der Waals surface area (Å²) < 4.78 is 0. The molecule has 0 aromatic rings. The maximum absolute atomic E-state index is 12.4. The number of fused-ring (bicyclic) bond motifs is 5. The number of carbonyl (C=O) groups is 1. The fourth-order valence-electron chi connectivity index (χ4n) is 6.41. The van der Waals surface area contributed by atoms with Crippen molar-refractivity contribution in [3.63, 3.8) is 0 Å². The second kappa shape index (κ2) is 4.44. The highest BCUT2D eigenvalue weighted by atomic mass is 16.3. The van der Waals surface area contributed by atoms with Crippen LogP contribution in [0.2, 0.25) is 0 Å². The largest absolute Gasteiger partial charge is 0.393 e. The molecule has 3 saturated carbocycles. The van der Waals surface area contributed by atoms with E-state index in [1.54, 1.807) is 0 Å². The van der Waals surface area contributed by atoms with Crippen molar-refractivity contribution in [3.05, 3.63) is 11.6 Å². The van der Waals surface area contributed by atoms with E-state index in [1.807, 2.05) is 0 Å². The Labute approximate surface area is 128 Å². The van der Waals surface area contributed by atoms with E-state index in [1.165, 1.54) is 12.0 Å². The average molecular weight is 288 g/mol. The molecule has 0 bridgehead atoms. The van der Waals surface area contributed by atoms with E-state index in [2.05, 4.69) is 19.9 Å². The van der Waals surface area contributed by atoms with Crippen LogP contribution in [0.25, 0.3) is 0 Å². The van der Waals surface area contributed by atoms with Crippen molar-refractivity contribution in [3.8, 4) is 0 Å². The third kappa shape index (κ3) is 1.78. The summed E-state index contributed by atoms with van der Waals surface area (Å²) in [5, 5.41) is 10.00. The van der Waals surface area contributed by atoms with Gasteiger partial charge in [0.15, 0.2) is 0 Å². The summed E-state index contributed by atoms with van der Waals surface area (Å²) in [6, 6.07) is 0. The zero-order valence-corrected chi connectivity index (χ0v) is 13.4. The molecule has 0 aliphatic heterocycles. The minimum Gasteiger partial charge on any atom is -0.393 e. The third-order valence-corrected chi connectivity index (χ3v) is 7.79. The van der Waals surface area contributed by atoms with E-state index < -0.39 is 0 Å². The first kappa shape index (κ1) is 14.0. The van der Waals surface area contributed by atoms with E-state index in [0.29, 0.717) is 23.0 Å². The van der Waals surface area contributed by atoms with Gasteiger partial charge >= 0.3 is 0 Å². The molecule has 3 fully saturated rings. The molecule has 0 aromatic carbocycles. The Hall–Kier alpha value is -0.630. The van der Waals surface area contributed by atoms with Crippen LogP contribution < -0.4 is 0 Å². The second-order valence-corrected chi connectivity index (χ2v) is 8.57. The van der Waals surface area contributed by atoms with Crippen LogP contribution in [0.1, 0.15) is 65.2 Å². The smallest absolute Gasteiger partial charge is 0.139 e. The Bertz CT molecular complexity index is 508. The number of aliphatic hydroxyl groups excluding tert-OH is 1. The SMILES string of the molecule is C[C@]12CC[C@H](O)CC1=CCC1[C@@H]2CC[C@]2(C)C(=O)CC[C@@H]12. The number of carbonyl (C=O) groups excluding carboxylic acids is 1. The normalized spacial score (nSPS) is 52.7. The van der Waals surface area contributed by atoms with E-state index in [9.17, 15) is 9.90 Å². The highest BCUT2D eigenvalue weighted by Crippen LogP contribution is 2.63. The molecule has 2 heteroatoms. The number of Topliss-reactive ketones (excluding diaryl/α,β-unsaturated/α-hetero) is 1. The first-order valence-corrected chi connectivity index (χ1v) is 8.86. The fraction of sp³-hybridized carbons (Fsp3) is 0.842. The first-order valence-electron chi connectivity index (χ1n) is 8.86. The summed E-state index contributed by atoms with van der Waals surface area (Å²) in [5.74, 6) is 2.60. The molecule has 4 aliphatic carbocycles. The lowest BCUT2D eigenvalue weighted by Crippen LogP contribution is -2.50. The molecule has 0 radical (unpaired) electrons. The lowest BCUT2D eigenvalue weighted by Gasteiger charge is -2.56. The Kier molecular flexibility index (Phi) is 2.96. The third-order valence-electron chi connectivity index (χ3n) is 7.79. The number of hydrogen-bond donors (Lipinski definition) is 1. The van der Waals surface area contributed by atoms with Gasteiger partial charge in [-0.2, -0.15) is 0 Å². The molecular weight excluding hydrogens is 260 g/mol. The van der Waals surface area contributed by atoms with E-state index in [0.717, 1.165) is 50.9 Å². The van der Waals surface area contributed by atoms with Crippen molar-refractivity contribution < 1.29 is 9.90 Å². The van der Waals surface area contributed by atoms with E-state index in [4.69, 9.17) is 0 Å². The van der Waals surface area contributed by atoms with Gasteiger partial charge in [0.25, 0.3) is 0 Å². The summed E-state index contributed by atoms with van der Waals surface area (Å²) in [5.41, 5.74) is 1.81. The predicted molar refractivity (Wildman–Crippen MR) is 82.7 cm³/mol. The molecule has 21 heavy (non-hydrogen) atoms. The second-order valence-electron chi connectivity index (χ2n) is 8.57. The van der Waals surface area contributed by atoms with Crippen molar-refractivity contribution in [2.75, 3.05) is 0 Å². The van der Waals surface area contributed by atoms with Gasteiger partial charge in [0.05, 0.1) is 6.10 Å². The first-order chi connectivity index (χ1) is 9.95. The number of rotatable bonds is 0. The van der Waals surface area contributed by atoms with Gasteiger partial charge in [-0.15, -0.1) is 0 Å². The van der Waals surface area contributed by atoms with E-state index >= 15 is 0 Å². The summed E-state index contributed by atoms with van der Waals surface area (Å²) in [6.07, 6.45) is 10.7. The van der Waals surface area contributed by atoms with Crippen LogP contribution in [0.3, 0.4) is 0 Å². The fourth-order valence-corrected chi connectivity index (χ4v) is 6.41. The Morgan fingerprint density at radius 3 is 2.62 bits per heavy atom. The molecule has 0 spiro atoms. The number of aliphatic hydroxyl groups is 1. The Morgan fingerprint density at radius 1 is 1.10 bits per heavy atom. The van der Waals surface area contributed by atoms with Crippen molar-refractivity contribution in [1.82, 2.24) is 0 Å². The zero-order valence-electron chi connectivity index (χ0n) is 13.4. The van der Waals surface area contributed by atoms with Gasteiger partial charge in [-0.25, -0.2) is 0 Å². The molecule has 0 saturated heterocycles. The molecule has 0 amide bonds. The maximum Gasteiger partial charge on any atom is 0.139 e. The number of ketones is 1. The summed E-state index contributed by atoms with van der Waals surface area (Å²) in [4.78, 5) is 12.4. The van der Waals surface area contributed by atoms with Gasteiger partial charge in [-0.3, -0.25) is 4.79 Å². The molecule has 0 aromatic heterocycles. The summed E-state index contributed by atoms with van der Waals surface area (Å²) in [7, 11) is 0. The lowest BCUT2D eigenvalue weighted by atomic mass is 9.48. The molecule has 0 heterocycles. The van der Waals surface area contributed by atoms with Gasteiger partial charge < -0.3 is 5.11 Å². The molecule has 4 aliphatic rings. The van der Waals surface area contributed by atoms with Gasteiger partial charge in [0.2, 0.25) is 0 Å². The standard InChI is InChI=1S/C19H28O2/c1-18-9-7-13(20)11-12(18)3-4-14-15-5-6-17(21)19(15,2)10-8-16(14)18/h3,13-16,20H,4-11H2,1-2H3/t13-,14?,15-,16-,18-,19-/m0/s1. The van der Waals surface area contributed by atoms with Crippen LogP contribution in [0, 0.1) is 28.6 Å². The van der Waals surface area contributed by atoms with Crippen LogP contribution in [-0.2, 0) is 4.79 Å². The molecule has 6 atom stereocenters. The molecule has 1 unspecified atom stereocenters.